The molecule has 0 bridgehead atoms. The standard InChI is InChI=1S/C12H11ClN2O2S/c1-15-9(16)6-18-12(15)10(11(14)17)7-2-4-8(13)5-3-7/h2-5H,6H2,1H3,(H2,14,17)/b12-10+. The molecule has 1 fully saturated rings. The van der Waals surface area contributed by atoms with Crippen LogP contribution in [-0.2, 0) is 9.59 Å². The highest BCUT2D eigenvalue weighted by atomic mass is 35.5. The molecule has 2 N–H and O–H groups in total. The van der Waals surface area contributed by atoms with Crippen molar-refractivity contribution < 1.29 is 9.59 Å². The zero-order valence-corrected chi connectivity index (χ0v) is 11.2. The smallest absolute Gasteiger partial charge is 0.251 e. The summed E-state index contributed by atoms with van der Waals surface area (Å²) in [5.74, 6) is -0.264. The van der Waals surface area contributed by atoms with Gasteiger partial charge in [-0.25, -0.2) is 0 Å². The van der Waals surface area contributed by atoms with E-state index in [-0.39, 0.29) is 5.91 Å². The van der Waals surface area contributed by atoms with Crippen molar-refractivity contribution in [2.24, 2.45) is 5.73 Å². The number of nitrogens with zero attached hydrogens (tertiary/aromatic N) is 1. The van der Waals surface area contributed by atoms with E-state index in [0.717, 1.165) is 0 Å². The van der Waals surface area contributed by atoms with Gasteiger partial charge in [0.15, 0.2) is 0 Å². The van der Waals surface area contributed by atoms with Gasteiger partial charge in [0.25, 0.3) is 5.91 Å². The molecule has 0 aliphatic carbocycles. The number of hydrogen-bond acceptors (Lipinski definition) is 3. The topological polar surface area (TPSA) is 63.4 Å². The fourth-order valence-corrected chi connectivity index (χ4v) is 2.90. The van der Waals surface area contributed by atoms with Crippen LogP contribution >= 0.6 is 23.4 Å². The van der Waals surface area contributed by atoms with Crippen LogP contribution in [0.3, 0.4) is 0 Å². The normalized spacial score (nSPS) is 18.1. The molecule has 94 valence electrons. The van der Waals surface area contributed by atoms with Crippen molar-refractivity contribution in [3.63, 3.8) is 0 Å². The summed E-state index contributed by atoms with van der Waals surface area (Å²) in [5, 5.41) is 1.17. The molecule has 6 heteroatoms. The molecule has 1 aromatic rings. The molecule has 1 aliphatic heterocycles. The van der Waals surface area contributed by atoms with Crippen LogP contribution in [-0.4, -0.2) is 29.5 Å². The summed E-state index contributed by atoms with van der Waals surface area (Å²) in [6.45, 7) is 0. The Hall–Kier alpha value is -1.46. The fourth-order valence-electron chi connectivity index (χ4n) is 1.66. The second kappa shape index (κ2) is 5.04. The van der Waals surface area contributed by atoms with Gasteiger partial charge in [0, 0.05) is 12.1 Å². The summed E-state index contributed by atoms with van der Waals surface area (Å²) < 4.78 is 0. The molecule has 2 amide bonds. The lowest BCUT2D eigenvalue weighted by Gasteiger charge is -2.14. The van der Waals surface area contributed by atoms with Gasteiger partial charge in [-0.3, -0.25) is 9.59 Å². The average molecular weight is 283 g/mol. The number of amides is 2. The van der Waals surface area contributed by atoms with E-state index in [0.29, 0.717) is 26.9 Å². The number of carbonyl (C=O) groups is 2. The molecular formula is C12H11ClN2O2S. The molecule has 0 saturated carbocycles. The molecule has 1 heterocycles. The van der Waals surface area contributed by atoms with Crippen molar-refractivity contribution in [2.75, 3.05) is 12.8 Å². The number of benzene rings is 1. The number of thioether (sulfide) groups is 1. The van der Waals surface area contributed by atoms with Crippen molar-refractivity contribution in [1.29, 1.82) is 0 Å². The Balaban J connectivity index is 2.53. The first-order valence-corrected chi connectivity index (χ1v) is 6.56. The maximum Gasteiger partial charge on any atom is 0.251 e. The zero-order chi connectivity index (χ0) is 13.3. The third-order valence-corrected chi connectivity index (χ3v) is 4.00. The van der Waals surface area contributed by atoms with E-state index in [9.17, 15) is 9.59 Å². The molecular weight excluding hydrogens is 272 g/mol. The SMILES string of the molecule is CN1C(=O)CS/C1=C(/C(N)=O)c1ccc(Cl)cc1. The summed E-state index contributed by atoms with van der Waals surface area (Å²) in [4.78, 5) is 24.6. The molecule has 0 atom stereocenters. The van der Waals surface area contributed by atoms with Gasteiger partial charge in [-0.2, -0.15) is 0 Å². The summed E-state index contributed by atoms with van der Waals surface area (Å²) >= 11 is 7.12. The third-order valence-electron chi connectivity index (χ3n) is 2.60. The minimum Gasteiger partial charge on any atom is -0.365 e. The van der Waals surface area contributed by atoms with Crippen LogP contribution in [0.15, 0.2) is 29.3 Å². The van der Waals surface area contributed by atoms with E-state index in [4.69, 9.17) is 17.3 Å². The first kappa shape index (κ1) is 13.0. The zero-order valence-electron chi connectivity index (χ0n) is 9.64. The molecule has 0 unspecified atom stereocenters. The van der Waals surface area contributed by atoms with Gasteiger partial charge in [-0.05, 0) is 17.7 Å². The monoisotopic (exact) mass is 282 g/mol. The van der Waals surface area contributed by atoms with E-state index in [1.54, 1.807) is 31.3 Å². The van der Waals surface area contributed by atoms with Gasteiger partial charge in [-0.15, -0.1) is 0 Å². The summed E-state index contributed by atoms with van der Waals surface area (Å²) in [5.41, 5.74) is 6.43. The van der Waals surface area contributed by atoms with Gasteiger partial charge in [-0.1, -0.05) is 35.5 Å². The quantitative estimate of drug-likeness (QED) is 0.840. The lowest BCUT2D eigenvalue weighted by molar-refractivity contribution is -0.124. The second-order valence-corrected chi connectivity index (χ2v) is 5.19. The number of primary amides is 1. The molecule has 0 spiro atoms. The third kappa shape index (κ3) is 2.37. The fraction of sp³-hybridized carbons (Fsp3) is 0.167. The largest absolute Gasteiger partial charge is 0.365 e. The van der Waals surface area contributed by atoms with Gasteiger partial charge in [0.05, 0.1) is 16.4 Å². The molecule has 1 aromatic carbocycles. The summed E-state index contributed by atoms with van der Waals surface area (Å²) in [7, 11) is 1.64. The maximum absolute atomic E-state index is 11.6. The van der Waals surface area contributed by atoms with Crippen molar-refractivity contribution >= 4 is 40.8 Å². The lowest BCUT2D eigenvalue weighted by atomic mass is 10.1. The Bertz CT molecular complexity index is 540. The molecule has 2 rings (SSSR count). The van der Waals surface area contributed by atoms with Gasteiger partial charge >= 0.3 is 0 Å². The molecule has 1 aliphatic rings. The number of nitrogens with two attached hydrogens (primary N) is 1. The van der Waals surface area contributed by atoms with Crippen LogP contribution in [0.2, 0.25) is 5.02 Å². The van der Waals surface area contributed by atoms with Gasteiger partial charge in [0.2, 0.25) is 5.91 Å². The Morgan fingerprint density at radius 2 is 2.00 bits per heavy atom. The van der Waals surface area contributed by atoms with Crippen LogP contribution in [0.4, 0.5) is 0 Å². The van der Waals surface area contributed by atoms with Gasteiger partial charge in [0.1, 0.15) is 0 Å². The van der Waals surface area contributed by atoms with E-state index in [2.05, 4.69) is 0 Å². The van der Waals surface area contributed by atoms with Crippen molar-refractivity contribution in [2.45, 2.75) is 0 Å². The van der Waals surface area contributed by atoms with E-state index in [1.807, 2.05) is 0 Å². The van der Waals surface area contributed by atoms with Gasteiger partial charge < -0.3 is 10.6 Å². The van der Waals surface area contributed by atoms with Crippen molar-refractivity contribution in [1.82, 2.24) is 4.90 Å². The van der Waals surface area contributed by atoms with Crippen LogP contribution in [0, 0.1) is 0 Å². The van der Waals surface area contributed by atoms with Crippen LogP contribution in [0.1, 0.15) is 5.56 Å². The van der Waals surface area contributed by atoms with E-state index in [1.165, 1.54) is 16.7 Å². The van der Waals surface area contributed by atoms with Crippen LogP contribution in [0.25, 0.3) is 5.57 Å². The first-order valence-electron chi connectivity index (χ1n) is 5.20. The highest BCUT2D eigenvalue weighted by Crippen LogP contribution is 2.34. The predicted molar refractivity (Wildman–Crippen MR) is 72.8 cm³/mol. The van der Waals surface area contributed by atoms with Crippen molar-refractivity contribution in [3.8, 4) is 0 Å². The highest BCUT2D eigenvalue weighted by Gasteiger charge is 2.28. The Morgan fingerprint density at radius 3 is 2.44 bits per heavy atom. The van der Waals surface area contributed by atoms with E-state index >= 15 is 0 Å². The number of rotatable bonds is 2. The highest BCUT2D eigenvalue weighted by molar-refractivity contribution is 8.04. The van der Waals surface area contributed by atoms with Crippen LogP contribution in [0.5, 0.6) is 0 Å². The molecule has 18 heavy (non-hydrogen) atoms. The average Bonchev–Trinajstić information content (AvgIpc) is 2.64. The second-order valence-electron chi connectivity index (χ2n) is 3.79. The summed E-state index contributed by atoms with van der Waals surface area (Å²) in [6, 6.07) is 6.79. The molecule has 0 radical (unpaired) electrons. The first-order chi connectivity index (χ1) is 8.50. The van der Waals surface area contributed by atoms with Crippen LogP contribution < -0.4 is 5.73 Å². The Kier molecular flexibility index (Phi) is 3.63. The minimum absolute atomic E-state index is 0.0392. The number of halogens is 1. The number of hydrogen-bond donors (Lipinski definition) is 1. The molecule has 4 nitrogen and oxygen atoms in total. The van der Waals surface area contributed by atoms with E-state index < -0.39 is 5.91 Å². The predicted octanol–water partition coefficient (Wildman–Crippen LogP) is 1.70. The lowest BCUT2D eigenvalue weighted by Crippen LogP contribution is -2.23. The van der Waals surface area contributed by atoms with Crippen molar-refractivity contribution in [3.05, 3.63) is 39.9 Å². The molecule has 1 saturated heterocycles. The molecule has 0 aromatic heterocycles. The Morgan fingerprint density at radius 1 is 1.39 bits per heavy atom. The number of carbonyl (C=O) groups excluding carboxylic acids is 2. The Labute approximate surface area is 114 Å². The summed E-state index contributed by atoms with van der Waals surface area (Å²) in [6.07, 6.45) is 0. The minimum atomic E-state index is -0.554. The maximum atomic E-state index is 11.6.